The minimum Gasteiger partial charge on any atom is -0.324 e. The fourth-order valence-electron chi connectivity index (χ4n) is 2.82. The van der Waals surface area contributed by atoms with Gasteiger partial charge in [-0.3, -0.25) is 0 Å². The molecule has 2 aromatic heterocycles. The van der Waals surface area contributed by atoms with Crippen LogP contribution in [0.15, 0.2) is 53.6 Å². The molecule has 6 nitrogen and oxygen atoms in total. The molecule has 0 aliphatic carbocycles. The standard InChI is InChI=1S/C18H15IN6/c1-2-25-15-9-4-3-8-14(15)16-17(25)21-18(24-22-16)23-20-11-12-6-5-7-13(19)10-12/h3-11H,2H2,1H3,(H,21,23,24). The number of fused-ring (bicyclic) bond motifs is 3. The molecule has 0 unspecified atom stereocenters. The van der Waals surface area contributed by atoms with Crippen LogP contribution in [0, 0.1) is 3.57 Å². The highest BCUT2D eigenvalue weighted by molar-refractivity contribution is 14.1. The molecule has 0 spiro atoms. The van der Waals surface area contributed by atoms with Crippen LogP contribution in [0.1, 0.15) is 12.5 Å². The van der Waals surface area contributed by atoms with E-state index >= 15 is 0 Å². The number of rotatable bonds is 4. The summed E-state index contributed by atoms with van der Waals surface area (Å²) >= 11 is 2.27. The Hall–Kier alpha value is -2.55. The summed E-state index contributed by atoms with van der Waals surface area (Å²) in [4.78, 5) is 4.59. The molecule has 25 heavy (non-hydrogen) atoms. The van der Waals surface area contributed by atoms with E-state index in [0.29, 0.717) is 5.95 Å². The Morgan fingerprint density at radius 1 is 1.16 bits per heavy atom. The molecule has 1 N–H and O–H groups in total. The SMILES string of the molecule is CCn1c2ccccc2c2nnc(NN=Cc3cccc(I)c3)nc21. The number of aromatic nitrogens is 4. The zero-order valence-corrected chi connectivity index (χ0v) is 15.7. The molecular formula is C18H15IN6. The molecule has 0 saturated heterocycles. The lowest BCUT2D eigenvalue weighted by atomic mass is 10.2. The zero-order valence-electron chi connectivity index (χ0n) is 13.5. The molecule has 0 radical (unpaired) electrons. The van der Waals surface area contributed by atoms with E-state index in [4.69, 9.17) is 0 Å². The van der Waals surface area contributed by atoms with E-state index in [1.54, 1.807) is 6.21 Å². The van der Waals surface area contributed by atoms with Crippen LogP contribution in [0.4, 0.5) is 5.95 Å². The molecule has 7 heteroatoms. The first kappa shape index (κ1) is 15.9. The maximum absolute atomic E-state index is 4.59. The fraction of sp³-hybridized carbons (Fsp3) is 0.111. The van der Waals surface area contributed by atoms with Crippen LogP contribution in [0.3, 0.4) is 0 Å². The lowest BCUT2D eigenvalue weighted by Gasteiger charge is -2.02. The normalized spacial score (nSPS) is 11.6. The number of nitrogens with zero attached hydrogens (tertiary/aromatic N) is 5. The average molecular weight is 442 g/mol. The van der Waals surface area contributed by atoms with Crippen molar-refractivity contribution >= 4 is 56.8 Å². The van der Waals surface area contributed by atoms with Gasteiger partial charge in [0, 0.05) is 15.5 Å². The zero-order chi connectivity index (χ0) is 17.2. The number of anilines is 1. The molecule has 2 aromatic carbocycles. The second-order valence-electron chi connectivity index (χ2n) is 5.49. The molecule has 0 bridgehead atoms. The van der Waals surface area contributed by atoms with E-state index in [2.05, 4.69) is 65.9 Å². The summed E-state index contributed by atoms with van der Waals surface area (Å²) in [6.07, 6.45) is 1.74. The molecule has 124 valence electrons. The quantitative estimate of drug-likeness (QED) is 0.294. The minimum absolute atomic E-state index is 0.381. The van der Waals surface area contributed by atoms with Crippen molar-refractivity contribution in [3.8, 4) is 0 Å². The Morgan fingerprint density at radius 2 is 2.04 bits per heavy atom. The van der Waals surface area contributed by atoms with Crippen molar-refractivity contribution in [3.63, 3.8) is 0 Å². The summed E-state index contributed by atoms with van der Waals surface area (Å²) in [6, 6.07) is 16.2. The minimum atomic E-state index is 0.381. The molecule has 0 amide bonds. The van der Waals surface area contributed by atoms with Gasteiger partial charge in [-0.2, -0.15) is 10.1 Å². The Kier molecular flexibility index (Phi) is 4.31. The maximum atomic E-state index is 4.59. The molecule has 0 fully saturated rings. The summed E-state index contributed by atoms with van der Waals surface area (Å²) in [5, 5.41) is 13.8. The number of halogens is 1. The molecule has 4 rings (SSSR count). The number of hydrogen-bond acceptors (Lipinski definition) is 5. The van der Waals surface area contributed by atoms with E-state index in [1.807, 2.05) is 42.5 Å². The largest absolute Gasteiger partial charge is 0.324 e. The van der Waals surface area contributed by atoms with Crippen molar-refractivity contribution in [1.82, 2.24) is 19.7 Å². The van der Waals surface area contributed by atoms with Crippen LogP contribution in [-0.4, -0.2) is 26.0 Å². The van der Waals surface area contributed by atoms with Crippen LogP contribution in [-0.2, 0) is 6.54 Å². The van der Waals surface area contributed by atoms with Gasteiger partial charge in [0.1, 0.15) is 5.52 Å². The molecular weight excluding hydrogens is 427 g/mol. The van der Waals surface area contributed by atoms with Gasteiger partial charge in [0.2, 0.25) is 0 Å². The number of benzene rings is 2. The first-order valence-corrected chi connectivity index (χ1v) is 9.00. The monoisotopic (exact) mass is 442 g/mol. The van der Waals surface area contributed by atoms with Gasteiger partial charge in [0.05, 0.1) is 11.7 Å². The molecule has 0 aliphatic rings. The molecule has 0 saturated carbocycles. The van der Waals surface area contributed by atoms with Crippen LogP contribution in [0.5, 0.6) is 0 Å². The first-order chi connectivity index (χ1) is 12.3. The number of hydrogen-bond donors (Lipinski definition) is 1. The maximum Gasteiger partial charge on any atom is 0.265 e. The van der Waals surface area contributed by atoms with Crippen LogP contribution in [0.2, 0.25) is 0 Å². The predicted octanol–water partition coefficient (Wildman–Crippen LogP) is 4.05. The number of para-hydroxylation sites is 1. The summed E-state index contributed by atoms with van der Waals surface area (Å²) < 4.78 is 3.29. The van der Waals surface area contributed by atoms with E-state index in [9.17, 15) is 0 Å². The highest BCUT2D eigenvalue weighted by atomic mass is 127. The summed E-state index contributed by atoms with van der Waals surface area (Å²) in [6.45, 7) is 2.91. The average Bonchev–Trinajstić information content (AvgIpc) is 2.95. The van der Waals surface area contributed by atoms with Gasteiger partial charge < -0.3 is 4.57 Å². The van der Waals surface area contributed by atoms with Crippen molar-refractivity contribution in [2.75, 3.05) is 5.43 Å². The third-order valence-electron chi connectivity index (χ3n) is 3.92. The second-order valence-corrected chi connectivity index (χ2v) is 6.74. The smallest absolute Gasteiger partial charge is 0.265 e. The predicted molar refractivity (Wildman–Crippen MR) is 109 cm³/mol. The summed E-state index contributed by atoms with van der Waals surface area (Å²) in [7, 11) is 0. The molecule has 0 aliphatic heterocycles. The van der Waals surface area contributed by atoms with Gasteiger partial charge in [0.25, 0.3) is 5.95 Å². The molecule has 4 aromatic rings. The number of hydrazone groups is 1. The van der Waals surface area contributed by atoms with Crippen molar-refractivity contribution in [2.45, 2.75) is 13.5 Å². The second kappa shape index (κ2) is 6.75. The number of nitrogens with one attached hydrogen (secondary N) is 1. The van der Waals surface area contributed by atoms with E-state index < -0.39 is 0 Å². The van der Waals surface area contributed by atoms with Crippen molar-refractivity contribution in [2.24, 2.45) is 5.10 Å². The third kappa shape index (κ3) is 3.07. The van der Waals surface area contributed by atoms with Crippen molar-refractivity contribution < 1.29 is 0 Å². The Balaban J connectivity index is 1.68. The first-order valence-electron chi connectivity index (χ1n) is 7.92. The van der Waals surface area contributed by atoms with Gasteiger partial charge >= 0.3 is 0 Å². The van der Waals surface area contributed by atoms with Gasteiger partial charge in [-0.15, -0.1) is 10.2 Å². The lowest BCUT2D eigenvalue weighted by Crippen LogP contribution is -2.02. The van der Waals surface area contributed by atoms with E-state index in [1.165, 1.54) is 0 Å². The highest BCUT2D eigenvalue weighted by Gasteiger charge is 2.13. The van der Waals surface area contributed by atoms with Crippen LogP contribution in [0.25, 0.3) is 22.1 Å². The number of aryl methyl sites for hydroxylation is 1. The molecule has 0 atom stereocenters. The Labute approximate surface area is 158 Å². The van der Waals surface area contributed by atoms with Gasteiger partial charge in [-0.1, -0.05) is 30.3 Å². The summed E-state index contributed by atoms with van der Waals surface area (Å²) in [5.41, 5.74) is 6.61. The third-order valence-corrected chi connectivity index (χ3v) is 4.59. The Bertz CT molecular complexity index is 1090. The van der Waals surface area contributed by atoms with E-state index in [0.717, 1.165) is 37.7 Å². The van der Waals surface area contributed by atoms with E-state index in [-0.39, 0.29) is 0 Å². The van der Waals surface area contributed by atoms with Gasteiger partial charge in [-0.05, 0) is 53.3 Å². The summed E-state index contributed by atoms with van der Waals surface area (Å²) in [5.74, 6) is 0.381. The van der Waals surface area contributed by atoms with Gasteiger partial charge in [-0.25, -0.2) is 5.43 Å². The lowest BCUT2D eigenvalue weighted by molar-refractivity contribution is 0.811. The topological polar surface area (TPSA) is 68.0 Å². The highest BCUT2D eigenvalue weighted by Crippen LogP contribution is 2.25. The Morgan fingerprint density at radius 3 is 2.88 bits per heavy atom. The molecule has 2 heterocycles. The van der Waals surface area contributed by atoms with Crippen molar-refractivity contribution in [3.05, 3.63) is 57.7 Å². The van der Waals surface area contributed by atoms with Crippen LogP contribution >= 0.6 is 22.6 Å². The van der Waals surface area contributed by atoms with Crippen LogP contribution < -0.4 is 5.43 Å². The van der Waals surface area contributed by atoms with Gasteiger partial charge in [0.15, 0.2) is 5.65 Å². The fourth-order valence-corrected chi connectivity index (χ4v) is 3.39. The van der Waals surface area contributed by atoms with Crippen molar-refractivity contribution in [1.29, 1.82) is 0 Å².